The highest BCUT2D eigenvalue weighted by Gasteiger charge is 2.19. The number of hydrogen-bond acceptors (Lipinski definition) is 5. The standard InChI is InChI=1S/C17H16F2N2O5/c1-25-15-7-10(14(21(23)24)9-16(15)26-2)3-4-20-17(22)11-5-12(18)8-13(19)6-11/h5-9H,3-4H2,1-2H3,(H,20,22). The van der Waals surface area contributed by atoms with Gasteiger partial charge in [0.15, 0.2) is 11.5 Å². The molecule has 1 N–H and O–H groups in total. The molecular weight excluding hydrogens is 350 g/mol. The quantitative estimate of drug-likeness (QED) is 0.601. The maximum absolute atomic E-state index is 13.2. The second-order valence-corrected chi connectivity index (χ2v) is 5.26. The Hall–Kier alpha value is -3.23. The second kappa shape index (κ2) is 8.24. The van der Waals surface area contributed by atoms with Gasteiger partial charge in [-0.2, -0.15) is 0 Å². The summed E-state index contributed by atoms with van der Waals surface area (Å²) in [5.41, 5.74) is -0.0450. The topological polar surface area (TPSA) is 90.7 Å². The monoisotopic (exact) mass is 366 g/mol. The number of ether oxygens (including phenoxy) is 2. The van der Waals surface area contributed by atoms with Crippen molar-refractivity contribution in [3.05, 3.63) is 63.2 Å². The lowest BCUT2D eigenvalue weighted by Gasteiger charge is -2.11. The van der Waals surface area contributed by atoms with Gasteiger partial charge in [-0.3, -0.25) is 14.9 Å². The van der Waals surface area contributed by atoms with E-state index in [1.807, 2.05) is 0 Å². The van der Waals surface area contributed by atoms with E-state index in [-0.39, 0.29) is 30.0 Å². The van der Waals surface area contributed by atoms with E-state index < -0.39 is 22.5 Å². The smallest absolute Gasteiger partial charge is 0.276 e. The van der Waals surface area contributed by atoms with Crippen molar-refractivity contribution in [1.82, 2.24) is 5.32 Å². The summed E-state index contributed by atoms with van der Waals surface area (Å²) < 4.78 is 36.5. The fraction of sp³-hybridized carbons (Fsp3) is 0.235. The number of hydrogen-bond donors (Lipinski definition) is 1. The van der Waals surface area contributed by atoms with Crippen molar-refractivity contribution in [3.63, 3.8) is 0 Å². The molecule has 1 amide bonds. The van der Waals surface area contributed by atoms with Crippen LogP contribution in [0.4, 0.5) is 14.5 Å². The minimum atomic E-state index is -0.870. The Kier molecular flexibility index (Phi) is 6.05. The molecule has 0 saturated carbocycles. The van der Waals surface area contributed by atoms with E-state index >= 15 is 0 Å². The van der Waals surface area contributed by atoms with Crippen molar-refractivity contribution >= 4 is 11.6 Å². The van der Waals surface area contributed by atoms with E-state index in [4.69, 9.17) is 9.47 Å². The molecule has 0 spiro atoms. The van der Waals surface area contributed by atoms with Crippen molar-refractivity contribution in [2.24, 2.45) is 0 Å². The first-order valence-electron chi connectivity index (χ1n) is 7.49. The van der Waals surface area contributed by atoms with E-state index in [9.17, 15) is 23.7 Å². The Morgan fingerprint density at radius 2 is 1.65 bits per heavy atom. The van der Waals surface area contributed by atoms with Crippen molar-refractivity contribution in [2.75, 3.05) is 20.8 Å². The minimum Gasteiger partial charge on any atom is -0.493 e. The molecule has 0 saturated heterocycles. The molecule has 138 valence electrons. The summed E-state index contributed by atoms with van der Waals surface area (Å²) >= 11 is 0. The maximum Gasteiger partial charge on any atom is 0.276 e. The fourth-order valence-corrected chi connectivity index (χ4v) is 2.38. The molecule has 0 radical (unpaired) electrons. The molecule has 9 heteroatoms. The lowest BCUT2D eigenvalue weighted by Crippen LogP contribution is -2.26. The van der Waals surface area contributed by atoms with Crippen LogP contribution in [0.5, 0.6) is 11.5 Å². The SMILES string of the molecule is COc1cc(CCNC(=O)c2cc(F)cc(F)c2)c([N+](=O)[O-])cc1OC. The number of benzene rings is 2. The van der Waals surface area contributed by atoms with E-state index in [0.29, 0.717) is 17.4 Å². The van der Waals surface area contributed by atoms with Gasteiger partial charge in [0.1, 0.15) is 11.6 Å². The molecule has 2 aromatic carbocycles. The largest absolute Gasteiger partial charge is 0.493 e. The Balaban J connectivity index is 2.13. The molecule has 0 fully saturated rings. The fourth-order valence-electron chi connectivity index (χ4n) is 2.38. The van der Waals surface area contributed by atoms with Crippen LogP contribution in [-0.4, -0.2) is 31.6 Å². The number of nitrogens with zero attached hydrogens (tertiary/aromatic N) is 1. The number of carbonyl (C=O) groups excluding carboxylic acids is 1. The lowest BCUT2D eigenvalue weighted by atomic mass is 10.1. The van der Waals surface area contributed by atoms with Crippen LogP contribution in [-0.2, 0) is 6.42 Å². The number of nitro groups is 1. The number of nitro benzene ring substituents is 1. The number of amides is 1. The Morgan fingerprint density at radius 3 is 2.19 bits per heavy atom. The highest BCUT2D eigenvalue weighted by atomic mass is 19.1. The minimum absolute atomic E-state index is 0.0211. The first-order chi connectivity index (χ1) is 12.3. The normalized spacial score (nSPS) is 10.3. The van der Waals surface area contributed by atoms with Crippen molar-refractivity contribution in [1.29, 1.82) is 0 Å². The Bertz CT molecular complexity index is 822. The number of halogens is 2. The first kappa shape index (κ1) is 19.1. The molecule has 0 bridgehead atoms. The van der Waals surface area contributed by atoms with Gasteiger partial charge in [0, 0.05) is 23.7 Å². The van der Waals surface area contributed by atoms with Gasteiger partial charge in [0.2, 0.25) is 0 Å². The average molecular weight is 366 g/mol. The summed E-state index contributed by atoms with van der Waals surface area (Å²) in [6, 6.07) is 5.14. The molecular formula is C17H16F2N2O5. The van der Waals surface area contributed by atoms with Crippen LogP contribution in [0.25, 0.3) is 0 Å². The van der Waals surface area contributed by atoms with Gasteiger partial charge in [0.05, 0.1) is 25.2 Å². The Labute approximate surface area is 147 Å². The van der Waals surface area contributed by atoms with Crippen LogP contribution < -0.4 is 14.8 Å². The third-order valence-electron chi connectivity index (χ3n) is 3.59. The van der Waals surface area contributed by atoms with Gasteiger partial charge < -0.3 is 14.8 Å². The number of rotatable bonds is 7. The average Bonchev–Trinajstić information content (AvgIpc) is 2.59. The second-order valence-electron chi connectivity index (χ2n) is 5.26. The molecule has 0 aliphatic rings. The summed E-state index contributed by atoms with van der Waals surface area (Å²) in [4.78, 5) is 22.6. The number of nitrogens with one attached hydrogen (secondary N) is 1. The van der Waals surface area contributed by atoms with Crippen LogP contribution in [0, 0.1) is 21.7 Å². The predicted molar refractivity (Wildman–Crippen MR) is 88.6 cm³/mol. The molecule has 0 aliphatic carbocycles. The lowest BCUT2D eigenvalue weighted by molar-refractivity contribution is -0.385. The van der Waals surface area contributed by atoms with Crippen LogP contribution in [0.15, 0.2) is 30.3 Å². The summed E-state index contributed by atoms with van der Waals surface area (Å²) in [7, 11) is 2.76. The van der Waals surface area contributed by atoms with E-state index in [0.717, 1.165) is 12.1 Å². The molecule has 2 aromatic rings. The third-order valence-corrected chi connectivity index (χ3v) is 3.59. The van der Waals surface area contributed by atoms with Crippen LogP contribution in [0.3, 0.4) is 0 Å². The molecule has 0 unspecified atom stereocenters. The van der Waals surface area contributed by atoms with Gasteiger partial charge in [0.25, 0.3) is 11.6 Å². The maximum atomic E-state index is 13.2. The molecule has 26 heavy (non-hydrogen) atoms. The highest BCUT2D eigenvalue weighted by molar-refractivity contribution is 5.94. The summed E-state index contributed by atoms with van der Waals surface area (Å²) in [5, 5.41) is 13.7. The molecule has 0 aromatic heterocycles. The van der Waals surface area contributed by atoms with E-state index in [2.05, 4.69) is 5.32 Å². The van der Waals surface area contributed by atoms with E-state index in [1.54, 1.807) is 0 Å². The van der Waals surface area contributed by atoms with Crippen molar-refractivity contribution in [2.45, 2.75) is 6.42 Å². The van der Waals surface area contributed by atoms with Gasteiger partial charge in [-0.15, -0.1) is 0 Å². The van der Waals surface area contributed by atoms with Gasteiger partial charge in [-0.05, 0) is 24.6 Å². The zero-order chi connectivity index (χ0) is 19.3. The van der Waals surface area contributed by atoms with Gasteiger partial charge in [-0.25, -0.2) is 8.78 Å². The zero-order valence-electron chi connectivity index (χ0n) is 14.0. The van der Waals surface area contributed by atoms with Crippen LogP contribution in [0.2, 0.25) is 0 Å². The number of carbonyl (C=O) groups is 1. The van der Waals surface area contributed by atoms with Crippen molar-refractivity contribution < 1.29 is 28.0 Å². The van der Waals surface area contributed by atoms with E-state index in [1.165, 1.54) is 26.4 Å². The molecule has 2 rings (SSSR count). The van der Waals surface area contributed by atoms with Crippen LogP contribution in [0.1, 0.15) is 15.9 Å². The summed E-state index contributed by atoms with van der Waals surface area (Å²) in [5.74, 6) is -1.91. The van der Waals surface area contributed by atoms with Gasteiger partial charge in [-0.1, -0.05) is 0 Å². The zero-order valence-corrected chi connectivity index (χ0v) is 14.0. The number of methoxy groups -OCH3 is 2. The molecule has 7 nitrogen and oxygen atoms in total. The van der Waals surface area contributed by atoms with Crippen molar-refractivity contribution in [3.8, 4) is 11.5 Å². The molecule has 0 heterocycles. The molecule has 0 atom stereocenters. The van der Waals surface area contributed by atoms with Gasteiger partial charge >= 0.3 is 0 Å². The predicted octanol–water partition coefficient (Wildman–Crippen LogP) is 2.86. The summed E-state index contributed by atoms with van der Waals surface area (Å²) in [6.07, 6.45) is 0.111. The highest BCUT2D eigenvalue weighted by Crippen LogP contribution is 2.34. The Morgan fingerprint density at radius 1 is 1.08 bits per heavy atom. The third kappa shape index (κ3) is 4.44. The molecule has 0 aliphatic heterocycles. The van der Waals surface area contributed by atoms with Crippen LogP contribution >= 0.6 is 0 Å². The first-order valence-corrected chi connectivity index (χ1v) is 7.49. The summed E-state index contributed by atoms with van der Waals surface area (Å²) in [6.45, 7) is 0.0211.